The number of likely N-dealkylation sites (tertiary alicyclic amines) is 1. The molecule has 4 rings (SSSR count). The maximum atomic E-state index is 13.0. The van der Waals surface area contributed by atoms with E-state index in [1.54, 1.807) is 53.7 Å². The van der Waals surface area contributed by atoms with Crippen molar-refractivity contribution < 1.29 is 22.8 Å². The molecule has 0 radical (unpaired) electrons. The number of alkyl halides is 3. The lowest BCUT2D eigenvalue weighted by Gasteiger charge is -2.32. The molecule has 1 aliphatic heterocycles. The van der Waals surface area contributed by atoms with Crippen LogP contribution in [0.5, 0.6) is 0 Å². The molecule has 1 fully saturated rings. The fraction of sp³-hybridized carbons (Fsp3) is 0.240. The molecule has 2 heterocycles. The van der Waals surface area contributed by atoms with Crippen LogP contribution in [0.1, 0.15) is 39.1 Å². The van der Waals surface area contributed by atoms with Crippen molar-refractivity contribution in [2.75, 3.05) is 18.4 Å². The first kappa shape index (κ1) is 23.3. The van der Waals surface area contributed by atoms with Crippen molar-refractivity contribution in [3.05, 3.63) is 89.7 Å². The predicted octanol–water partition coefficient (Wildman–Crippen LogP) is 4.88. The molecular weight excluding hydrogens is 445 g/mol. The average molecular weight is 468 g/mol. The summed E-state index contributed by atoms with van der Waals surface area (Å²) in [6, 6.07) is 14.7. The van der Waals surface area contributed by atoms with Gasteiger partial charge < -0.3 is 15.5 Å². The van der Waals surface area contributed by atoms with Gasteiger partial charge in [-0.2, -0.15) is 13.2 Å². The number of benzene rings is 2. The van der Waals surface area contributed by atoms with E-state index in [2.05, 4.69) is 15.6 Å². The Bertz CT molecular complexity index is 1160. The highest BCUT2D eigenvalue weighted by molar-refractivity contribution is 6.00. The van der Waals surface area contributed by atoms with Crippen LogP contribution >= 0.6 is 0 Å². The number of rotatable bonds is 5. The van der Waals surface area contributed by atoms with E-state index in [9.17, 15) is 22.8 Å². The molecule has 0 spiro atoms. The van der Waals surface area contributed by atoms with E-state index in [4.69, 9.17) is 0 Å². The summed E-state index contributed by atoms with van der Waals surface area (Å²) < 4.78 is 39.1. The van der Waals surface area contributed by atoms with E-state index < -0.39 is 11.7 Å². The first-order chi connectivity index (χ1) is 16.3. The number of hydrogen-bond donors (Lipinski definition) is 2. The van der Waals surface area contributed by atoms with Crippen molar-refractivity contribution >= 4 is 23.2 Å². The molecule has 9 heteroatoms. The molecule has 0 bridgehead atoms. The molecule has 1 saturated heterocycles. The van der Waals surface area contributed by atoms with Gasteiger partial charge in [0.05, 0.1) is 16.8 Å². The van der Waals surface area contributed by atoms with E-state index >= 15 is 0 Å². The second-order valence-corrected chi connectivity index (χ2v) is 8.02. The Labute approximate surface area is 194 Å². The zero-order valence-electron chi connectivity index (χ0n) is 18.2. The summed E-state index contributed by atoms with van der Waals surface area (Å²) in [7, 11) is 0. The zero-order chi connectivity index (χ0) is 24.1. The summed E-state index contributed by atoms with van der Waals surface area (Å²) in [5, 5.41) is 5.91. The van der Waals surface area contributed by atoms with Crippen molar-refractivity contribution in [3.63, 3.8) is 0 Å². The molecule has 0 saturated carbocycles. The second kappa shape index (κ2) is 9.94. The van der Waals surface area contributed by atoms with E-state index in [1.165, 1.54) is 12.1 Å². The molecule has 2 aromatic carbocycles. The minimum atomic E-state index is -4.46. The van der Waals surface area contributed by atoms with Gasteiger partial charge in [0, 0.05) is 42.8 Å². The van der Waals surface area contributed by atoms with Gasteiger partial charge in [-0.3, -0.25) is 14.6 Å². The van der Waals surface area contributed by atoms with Crippen LogP contribution in [0.15, 0.2) is 73.1 Å². The van der Waals surface area contributed by atoms with Crippen LogP contribution in [0.2, 0.25) is 0 Å². The molecule has 2 N–H and O–H groups in total. The van der Waals surface area contributed by atoms with Gasteiger partial charge in [0.15, 0.2) is 0 Å². The summed E-state index contributed by atoms with van der Waals surface area (Å²) in [5.41, 5.74) is 0.775. The lowest BCUT2D eigenvalue weighted by molar-refractivity contribution is -0.137. The van der Waals surface area contributed by atoms with Crippen molar-refractivity contribution in [2.45, 2.75) is 25.1 Å². The average Bonchev–Trinajstić information content (AvgIpc) is 2.84. The number of piperidine rings is 1. The monoisotopic (exact) mass is 468 g/mol. The van der Waals surface area contributed by atoms with E-state index in [1.807, 2.05) is 0 Å². The van der Waals surface area contributed by atoms with Crippen molar-refractivity contribution in [2.24, 2.45) is 0 Å². The Kier molecular flexibility index (Phi) is 6.81. The van der Waals surface area contributed by atoms with Gasteiger partial charge >= 0.3 is 6.18 Å². The predicted molar refractivity (Wildman–Crippen MR) is 122 cm³/mol. The number of carbonyl (C=O) groups is 2. The molecule has 176 valence electrons. The minimum absolute atomic E-state index is 0.0668. The molecular formula is C25H23F3N4O2. The van der Waals surface area contributed by atoms with Gasteiger partial charge in [-0.25, -0.2) is 0 Å². The lowest BCUT2D eigenvalue weighted by atomic mass is 10.0. The SMILES string of the molecule is O=C(NC1CCN(C(=O)c2ccncc2)CC1)c1ccccc1Nc1cccc(C(F)(F)F)c1. The largest absolute Gasteiger partial charge is 0.416 e. The Hall–Kier alpha value is -3.88. The van der Waals surface area contributed by atoms with Crippen LogP contribution in [0.3, 0.4) is 0 Å². The highest BCUT2D eigenvalue weighted by Crippen LogP contribution is 2.32. The Balaban J connectivity index is 1.39. The van der Waals surface area contributed by atoms with Gasteiger partial charge in [0.25, 0.3) is 11.8 Å². The maximum absolute atomic E-state index is 13.0. The van der Waals surface area contributed by atoms with E-state index in [0.717, 1.165) is 12.1 Å². The molecule has 6 nitrogen and oxygen atoms in total. The number of amides is 2. The first-order valence-electron chi connectivity index (χ1n) is 10.8. The fourth-order valence-corrected chi connectivity index (χ4v) is 3.89. The summed E-state index contributed by atoms with van der Waals surface area (Å²) >= 11 is 0. The van der Waals surface area contributed by atoms with Crippen LogP contribution in [0.4, 0.5) is 24.5 Å². The highest BCUT2D eigenvalue weighted by atomic mass is 19.4. The topological polar surface area (TPSA) is 74.3 Å². The Morgan fingerprint density at radius 1 is 0.941 bits per heavy atom. The van der Waals surface area contributed by atoms with E-state index in [-0.39, 0.29) is 23.5 Å². The third-order valence-electron chi connectivity index (χ3n) is 5.69. The number of carbonyl (C=O) groups excluding carboxylic acids is 2. The quantitative estimate of drug-likeness (QED) is 0.560. The van der Waals surface area contributed by atoms with Gasteiger partial charge in [0.2, 0.25) is 0 Å². The van der Waals surface area contributed by atoms with Gasteiger partial charge in [-0.15, -0.1) is 0 Å². The fourth-order valence-electron chi connectivity index (χ4n) is 3.89. The van der Waals surface area contributed by atoms with Crippen LogP contribution in [-0.2, 0) is 6.18 Å². The van der Waals surface area contributed by atoms with Crippen molar-refractivity contribution in [3.8, 4) is 0 Å². The number of para-hydroxylation sites is 1. The number of pyridine rings is 1. The standard InChI is InChI=1S/C25H23F3N4O2/c26-25(27,28)18-4-3-5-20(16-18)30-22-7-2-1-6-21(22)23(33)31-19-10-14-32(15-11-19)24(34)17-8-12-29-13-9-17/h1-9,12-13,16,19,30H,10-11,14-15H2,(H,31,33). The molecule has 1 aliphatic rings. The number of hydrogen-bond acceptors (Lipinski definition) is 4. The summed E-state index contributed by atoms with van der Waals surface area (Å²) in [5.74, 6) is -0.392. The van der Waals surface area contributed by atoms with Crippen LogP contribution in [0, 0.1) is 0 Å². The second-order valence-electron chi connectivity index (χ2n) is 8.02. The number of aromatic nitrogens is 1. The molecule has 0 aliphatic carbocycles. The Morgan fingerprint density at radius 2 is 1.65 bits per heavy atom. The van der Waals surface area contributed by atoms with Gasteiger partial charge in [-0.05, 0) is 55.3 Å². The molecule has 0 atom stereocenters. The third kappa shape index (κ3) is 5.54. The first-order valence-corrected chi connectivity index (χ1v) is 10.8. The van der Waals surface area contributed by atoms with Crippen LogP contribution < -0.4 is 10.6 Å². The minimum Gasteiger partial charge on any atom is -0.355 e. The van der Waals surface area contributed by atoms with Crippen molar-refractivity contribution in [1.29, 1.82) is 0 Å². The molecule has 34 heavy (non-hydrogen) atoms. The summed E-state index contributed by atoms with van der Waals surface area (Å²) in [6.45, 7) is 1.02. The maximum Gasteiger partial charge on any atom is 0.416 e. The summed E-state index contributed by atoms with van der Waals surface area (Å²) in [4.78, 5) is 31.2. The van der Waals surface area contributed by atoms with Crippen LogP contribution in [-0.4, -0.2) is 40.8 Å². The van der Waals surface area contributed by atoms with Crippen LogP contribution in [0.25, 0.3) is 0 Å². The number of halogens is 3. The van der Waals surface area contributed by atoms with Gasteiger partial charge in [0.1, 0.15) is 0 Å². The summed E-state index contributed by atoms with van der Waals surface area (Å²) in [6.07, 6.45) is -0.101. The van der Waals surface area contributed by atoms with E-state index in [0.29, 0.717) is 42.7 Å². The van der Waals surface area contributed by atoms with Crippen molar-refractivity contribution in [1.82, 2.24) is 15.2 Å². The molecule has 0 unspecified atom stereocenters. The molecule has 2 amide bonds. The zero-order valence-corrected chi connectivity index (χ0v) is 18.2. The van der Waals surface area contributed by atoms with Gasteiger partial charge in [-0.1, -0.05) is 18.2 Å². The number of anilines is 2. The number of nitrogens with one attached hydrogen (secondary N) is 2. The molecule has 1 aromatic heterocycles. The lowest BCUT2D eigenvalue weighted by Crippen LogP contribution is -2.46. The number of nitrogens with zero attached hydrogens (tertiary/aromatic N) is 2. The third-order valence-corrected chi connectivity index (χ3v) is 5.69. The normalized spacial score (nSPS) is 14.5. The Morgan fingerprint density at radius 3 is 2.35 bits per heavy atom. The highest BCUT2D eigenvalue weighted by Gasteiger charge is 2.30. The smallest absolute Gasteiger partial charge is 0.355 e. The molecule has 3 aromatic rings.